The van der Waals surface area contributed by atoms with Crippen LogP contribution in [-0.4, -0.2) is 73.0 Å². The molecule has 2 fully saturated rings. The molecule has 3 heterocycles. The number of aromatic amines is 1. The molecule has 1 saturated carbocycles. The van der Waals surface area contributed by atoms with Crippen molar-refractivity contribution in [3.05, 3.63) is 42.8 Å². The molecule has 1 aliphatic carbocycles. The van der Waals surface area contributed by atoms with Gasteiger partial charge < -0.3 is 24.8 Å². The second kappa shape index (κ2) is 10.3. The number of amides is 1. The average molecular weight is 494 g/mol. The second-order valence-corrected chi connectivity index (χ2v) is 11.1. The van der Waals surface area contributed by atoms with E-state index in [9.17, 15) is 4.79 Å². The lowest BCUT2D eigenvalue weighted by atomic mass is 9.69. The number of hydrogen-bond acceptors (Lipinski definition) is 6. The first-order valence-electron chi connectivity index (χ1n) is 13.2. The highest BCUT2D eigenvalue weighted by molar-refractivity contribution is 6.06. The number of anilines is 1. The maximum atomic E-state index is 13.6. The lowest BCUT2D eigenvalue weighted by molar-refractivity contribution is -0.125. The van der Waals surface area contributed by atoms with E-state index >= 15 is 0 Å². The number of H-pyrrole nitrogens is 1. The summed E-state index contributed by atoms with van der Waals surface area (Å²) in [5, 5.41) is 5.87. The third kappa shape index (κ3) is 5.02. The number of hydrogen-bond donors (Lipinski definition) is 2. The molecule has 2 aliphatic heterocycles. The van der Waals surface area contributed by atoms with E-state index in [-0.39, 0.29) is 11.9 Å². The number of benzene rings is 1. The summed E-state index contributed by atoms with van der Waals surface area (Å²) in [6, 6.07) is 8.54. The van der Waals surface area contributed by atoms with Crippen molar-refractivity contribution >= 4 is 28.2 Å². The summed E-state index contributed by atoms with van der Waals surface area (Å²) in [6.07, 6.45) is 4.92. The van der Waals surface area contributed by atoms with Crippen LogP contribution in [0.25, 0.3) is 10.9 Å². The highest BCUT2D eigenvalue weighted by Gasteiger charge is 2.41. The van der Waals surface area contributed by atoms with Crippen molar-refractivity contribution in [2.75, 3.05) is 44.4 Å². The van der Waals surface area contributed by atoms with Crippen LogP contribution in [0.4, 0.5) is 5.69 Å². The fraction of sp³-hybridized carbons (Fsp3) is 0.571. The van der Waals surface area contributed by atoms with Crippen LogP contribution in [-0.2, 0) is 14.3 Å². The molecule has 0 bridgehead atoms. The van der Waals surface area contributed by atoms with Gasteiger partial charge in [0.2, 0.25) is 5.91 Å². The number of rotatable bonds is 8. The van der Waals surface area contributed by atoms with Gasteiger partial charge in [0.1, 0.15) is 6.61 Å². The van der Waals surface area contributed by atoms with Gasteiger partial charge in [0, 0.05) is 35.6 Å². The Kier molecular flexibility index (Phi) is 7.08. The smallest absolute Gasteiger partial charge is 0.244 e. The molecule has 5 rings (SSSR count). The molecule has 0 radical (unpaired) electrons. The van der Waals surface area contributed by atoms with Crippen LogP contribution in [0.15, 0.2) is 42.2 Å². The zero-order valence-electron chi connectivity index (χ0n) is 21.8. The Morgan fingerprint density at radius 3 is 2.94 bits per heavy atom. The largest absolute Gasteiger partial charge is 0.500 e. The lowest BCUT2D eigenvalue weighted by Gasteiger charge is -2.37. The van der Waals surface area contributed by atoms with Crippen LogP contribution < -0.4 is 10.3 Å². The molecule has 1 aromatic heterocycles. The van der Waals surface area contributed by atoms with Crippen molar-refractivity contribution in [2.24, 2.45) is 16.4 Å². The summed E-state index contributed by atoms with van der Waals surface area (Å²) in [7, 11) is 0. The number of nitrogens with one attached hydrogen (secondary N) is 2. The van der Waals surface area contributed by atoms with Gasteiger partial charge in [-0.15, -0.1) is 0 Å². The first-order valence-corrected chi connectivity index (χ1v) is 13.2. The van der Waals surface area contributed by atoms with Crippen molar-refractivity contribution in [2.45, 2.75) is 52.1 Å². The van der Waals surface area contributed by atoms with Crippen molar-refractivity contribution in [1.29, 1.82) is 0 Å². The summed E-state index contributed by atoms with van der Waals surface area (Å²) in [5.41, 5.74) is 7.82. The van der Waals surface area contributed by atoms with Gasteiger partial charge in [0.25, 0.3) is 0 Å². The fourth-order valence-electron chi connectivity index (χ4n) is 5.91. The predicted molar refractivity (Wildman–Crippen MR) is 143 cm³/mol. The molecule has 8 nitrogen and oxygen atoms in total. The maximum absolute atomic E-state index is 13.6. The first-order chi connectivity index (χ1) is 17.4. The summed E-state index contributed by atoms with van der Waals surface area (Å²) < 4.78 is 10.9. The molecule has 1 amide bonds. The molecule has 2 N–H and O–H groups in total. The molecule has 1 saturated heterocycles. The Morgan fingerprint density at radius 1 is 1.36 bits per heavy atom. The molecule has 1 aromatic carbocycles. The van der Waals surface area contributed by atoms with Gasteiger partial charge in [0.05, 0.1) is 49.5 Å². The van der Waals surface area contributed by atoms with Gasteiger partial charge in [-0.2, -0.15) is 5.10 Å². The first kappa shape index (κ1) is 24.8. The Hall–Kier alpha value is -2.84. The molecule has 0 spiro atoms. The van der Waals surface area contributed by atoms with Gasteiger partial charge in [-0.25, -0.2) is 0 Å². The molecule has 194 valence electrons. The summed E-state index contributed by atoms with van der Waals surface area (Å²) in [4.78, 5) is 21.2. The van der Waals surface area contributed by atoms with Gasteiger partial charge in [-0.1, -0.05) is 26.5 Å². The number of carbonyl (C=O) groups is 1. The van der Waals surface area contributed by atoms with E-state index in [4.69, 9.17) is 14.6 Å². The third-order valence-corrected chi connectivity index (χ3v) is 8.05. The van der Waals surface area contributed by atoms with E-state index in [1.54, 1.807) is 0 Å². The quantitative estimate of drug-likeness (QED) is 0.431. The molecule has 36 heavy (non-hydrogen) atoms. The standard InChI is InChI=1S/C28H39N5O3/c1-5-35-15-12-33(27(34)19(2)32-10-13-36-14-11-32)21-7-6-20-16-24(29-23(20)17-21)26-22-8-9-28(3,4)18-25(22)30-31-26/h5-7,16-17,19,22,25,29-30H,1,8-15,18H2,2-4H3/t19-,22+,25?/m0/s1. The van der Waals surface area contributed by atoms with Gasteiger partial charge in [0.15, 0.2) is 0 Å². The SMILES string of the molecule is C=COCCN(C(=O)[C@H](C)N1CCOCC1)c1ccc2cc(C3=NNC4CC(C)(C)CC[C@@H]34)[nH]c2c1. The number of carbonyl (C=O) groups excluding carboxylic acids is 1. The Balaban J connectivity index is 1.38. The zero-order valence-corrected chi connectivity index (χ0v) is 21.8. The second-order valence-electron chi connectivity index (χ2n) is 11.1. The normalized spacial score (nSPS) is 24.5. The molecule has 3 atom stereocenters. The monoisotopic (exact) mass is 493 g/mol. The minimum Gasteiger partial charge on any atom is -0.500 e. The topological polar surface area (TPSA) is 82.2 Å². The Labute approximate surface area is 213 Å². The molecular weight excluding hydrogens is 454 g/mol. The van der Waals surface area contributed by atoms with E-state index in [0.29, 0.717) is 43.7 Å². The van der Waals surface area contributed by atoms with E-state index in [0.717, 1.165) is 53.9 Å². The van der Waals surface area contributed by atoms with Crippen LogP contribution >= 0.6 is 0 Å². The molecule has 2 aromatic rings. The highest BCUT2D eigenvalue weighted by Crippen LogP contribution is 2.41. The van der Waals surface area contributed by atoms with Crippen molar-refractivity contribution < 1.29 is 14.3 Å². The van der Waals surface area contributed by atoms with E-state index < -0.39 is 0 Å². The van der Waals surface area contributed by atoms with Gasteiger partial charge >= 0.3 is 0 Å². The predicted octanol–water partition coefficient (Wildman–Crippen LogP) is 3.88. The van der Waals surface area contributed by atoms with E-state index in [1.807, 2.05) is 17.9 Å². The summed E-state index contributed by atoms with van der Waals surface area (Å²) >= 11 is 0. The number of ether oxygens (including phenoxy) is 2. The Bertz CT molecular complexity index is 1130. The van der Waals surface area contributed by atoms with Crippen LogP contribution in [0, 0.1) is 11.3 Å². The molecular formula is C28H39N5O3. The Morgan fingerprint density at radius 2 is 2.17 bits per heavy atom. The number of nitrogens with zero attached hydrogens (tertiary/aromatic N) is 3. The van der Waals surface area contributed by atoms with Crippen molar-refractivity contribution in [1.82, 2.24) is 15.3 Å². The van der Waals surface area contributed by atoms with Crippen molar-refractivity contribution in [3.63, 3.8) is 0 Å². The summed E-state index contributed by atoms with van der Waals surface area (Å²) in [6.45, 7) is 14.0. The number of fused-ring (bicyclic) bond motifs is 2. The number of aromatic nitrogens is 1. The molecule has 8 heteroatoms. The minimum absolute atomic E-state index is 0.0627. The fourth-order valence-corrected chi connectivity index (χ4v) is 5.91. The lowest BCUT2D eigenvalue weighted by Crippen LogP contribution is -2.51. The maximum Gasteiger partial charge on any atom is 0.244 e. The summed E-state index contributed by atoms with van der Waals surface area (Å²) in [5.74, 6) is 0.502. The zero-order chi connectivity index (χ0) is 25.3. The van der Waals surface area contributed by atoms with Crippen LogP contribution in [0.1, 0.15) is 45.7 Å². The minimum atomic E-state index is -0.237. The molecule has 1 unspecified atom stereocenters. The van der Waals surface area contributed by atoms with Gasteiger partial charge in [-0.05, 0) is 49.8 Å². The van der Waals surface area contributed by atoms with E-state index in [1.165, 1.54) is 12.7 Å². The van der Waals surface area contributed by atoms with Crippen LogP contribution in [0.3, 0.4) is 0 Å². The third-order valence-electron chi connectivity index (χ3n) is 8.05. The number of morpholine rings is 1. The molecule has 3 aliphatic rings. The number of hydrazone groups is 1. The van der Waals surface area contributed by atoms with E-state index in [2.05, 4.69) is 53.9 Å². The highest BCUT2D eigenvalue weighted by atomic mass is 16.5. The van der Waals surface area contributed by atoms with Crippen molar-refractivity contribution in [3.8, 4) is 0 Å². The van der Waals surface area contributed by atoms with Crippen LogP contribution in [0.2, 0.25) is 0 Å². The van der Waals surface area contributed by atoms with Crippen LogP contribution in [0.5, 0.6) is 0 Å². The van der Waals surface area contributed by atoms with Gasteiger partial charge in [-0.3, -0.25) is 9.69 Å². The average Bonchev–Trinajstić information content (AvgIpc) is 3.48.